The number of likely N-dealkylation sites (tertiary alicyclic amines) is 1. The van der Waals surface area contributed by atoms with Gasteiger partial charge in [-0.2, -0.15) is 11.8 Å². The van der Waals surface area contributed by atoms with Gasteiger partial charge in [0.2, 0.25) is 11.8 Å². The van der Waals surface area contributed by atoms with E-state index in [0.29, 0.717) is 31.2 Å². The Bertz CT molecular complexity index is 896. The molecule has 1 aromatic rings. The van der Waals surface area contributed by atoms with E-state index in [1.807, 2.05) is 45.0 Å². The van der Waals surface area contributed by atoms with Crippen LogP contribution in [0.4, 0.5) is 4.79 Å². The standard InChI is InChI=1S/C28H43N3O5S/c1-28(2,3)36-27(34)31-16-8-11-24(31)26(33)30-23(19-37-18-21-9-6-5-7-10-21)25(32)29-17-20-12-14-22(35-4)15-13-20/h12-15,21,23-24H,5-11,16-19H2,1-4H3,(H,29,32)(H,30,33)/t23-,24?/m0/s1. The third-order valence-electron chi connectivity index (χ3n) is 6.81. The van der Waals surface area contributed by atoms with E-state index < -0.39 is 23.8 Å². The van der Waals surface area contributed by atoms with Gasteiger partial charge in [-0.25, -0.2) is 4.79 Å². The van der Waals surface area contributed by atoms with Crippen LogP contribution in [0.2, 0.25) is 0 Å². The Balaban J connectivity index is 1.61. The Morgan fingerprint density at radius 1 is 1.05 bits per heavy atom. The summed E-state index contributed by atoms with van der Waals surface area (Å²) in [6.45, 7) is 6.25. The summed E-state index contributed by atoms with van der Waals surface area (Å²) in [5, 5.41) is 5.93. The van der Waals surface area contributed by atoms with Gasteiger partial charge in [-0.1, -0.05) is 31.4 Å². The lowest BCUT2D eigenvalue weighted by Crippen LogP contribution is -2.54. The summed E-state index contributed by atoms with van der Waals surface area (Å²) < 4.78 is 10.7. The molecule has 3 amide bonds. The SMILES string of the molecule is COc1ccc(CNC(=O)[C@H](CSCC2CCCCC2)NC(=O)C2CCCN2C(=O)OC(C)(C)C)cc1. The molecular formula is C28H43N3O5S. The fourth-order valence-electron chi connectivity index (χ4n) is 4.79. The fraction of sp³-hybridized carbons (Fsp3) is 0.679. The highest BCUT2D eigenvalue weighted by Gasteiger charge is 2.38. The van der Waals surface area contributed by atoms with Gasteiger partial charge in [-0.3, -0.25) is 14.5 Å². The summed E-state index contributed by atoms with van der Waals surface area (Å²) >= 11 is 1.72. The van der Waals surface area contributed by atoms with Crippen LogP contribution in [0.1, 0.15) is 71.3 Å². The van der Waals surface area contributed by atoms with Gasteiger partial charge in [0.05, 0.1) is 7.11 Å². The summed E-state index contributed by atoms with van der Waals surface area (Å²) in [5.41, 5.74) is 0.307. The quantitative estimate of drug-likeness (QED) is 0.459. The second kappa shape index (κ2) is 13.9. The molecule has 206 valence electrons. The number of carbonyl (C=O) groups excluding carboxylic acids is 3. The van der Waals surface area contributed by atoms with Gasteiger partial charge in [0.1, 0.15) is 23.4 Å². The van der Waals surface area contributed by atoms with Gasteiger partial charge in [0.15, 0.2) is 0 Å². The zero-order chi connectivity index (χ0) is 26.8. The summed E-state index contributed by atoms with van der Waals surface area (Å²) in [5.74, 6) is 2.40. The highest BCUT2D eigenvalue weighted by Crippen LogP contribution is 2.27. The predicted octanol–water partition coefficient (Wildman–Crippen LogP) is 4.51. The number of nitrogens with zero attached hydrogens (tertiary/aromatic N) is 1. The minimum Gasteiger partial charge on any atom is -0.497 e. The van der Waals surface area contributed by atoms with Gasteiger partial charge in [-0.15, -0.1) is 0 Å². The fourth-order valence-corrected chi connectivity index (χ4v) is 6.06. The van der Waals surface area contributed by atoms with E-state index >= 15 is 0 Å². The Labute approximate surface area is 225 Å². The summed E-state index contributed by atoms with van der Waals surface area (Å²) in [7, 11) is 1.61. The van der Waals surface area contributed by atoms with E-state index in [4.69, 9.17) is 9.47 Å². The Morgan fingerprint density at radius 2 is 1.76 bits per heavy atom. The average molecular weight is 534 g/mol. The van der Waals surface area contributed by atoms with Crippen molar-refractivity contribution in [2.45, 2.75) is 89.9 Å². The van der Waals surface area contributed by atoms with E-state index in [1.165, 1.54) is 37.0 Å². The van der Waals surface area contributed by atoms with E-state index in [-0.39, 0.29) is 11.8 Å². The molecule has 1 aliphatic carbocycles. The first kappa shape index (κ1) is 29.1. The van der Waals surface area contributed by atoms with Crippen LogP contribution in [0, 0.1) is 5.92 Å². The molecule has 9 heteroatoms. The number of amides is 3. The second-order valence-electron chi connectivity index (χ2n) is 11.0. The Kier molecular flexibility index (Phi) is 11.0. The molecule has 1 saturated heterocycles. The first-order chi connectivity index (χ1) is 17.7. The molecule has 37 heavy (non-hydrogen) atoms. The van der Waals surface area contributed by atoms with Crippen molar-refractivity contribution in [3.63, 3.8) is 0 Å². The molecule has 1 aromatic carbocycles. The Morgan fingerprint density at radius 3 is 2.41 bits per heavy atom. The molecular weight excluding hydrogens is 490 g/mol. The summed E-state index contributed by atoms with van der Waals surface area (Å²) in [4.78, 5) is 40.7. The van der Waals surface area contributed by atoms with Crippen LogP contribution in [0.15, 0.2) is 24.3 Å². The van der Waals surface area contributed by atoms with Crippen LogP contribution in [-0.2, 0) is 20.9 Å². The molecule has 3 rings (SSSR count). The van der Waals surface area contributed by atoms with Crippen molar-refractivity contribution in [1.82, 2.24) is 15.5 Å². The molecule has 1 heterocycles. The van der Waals surface area contributed by atoms with Crippen molar-refractivity contribution in [1.29, 1.82) is 0 Å². The summed E-state index contributed by atoms with van der Waals surface area (Å²) in [6.07, 6.45) is 7.12. The Hall–Kier alpha value is -2.42. The second-order valence-corrected chi connectivity index (χ2v) is 12.1. The third-order valence-corrected chi connectivity index (χ3v) is 8.08. The largest absolute Gasteiger partial charge is 0.497 e. The monoisotopic (exact) mass is 533 g/mol. The number of hydrogen-bond donors (Lipinski definition) is 2. The van der Waals surface area contributed by atoms with Crippen molar-refractivity contribution in [2.24, 2.45) is 5.92 Å². The number of methoxy groups -OCH3 is 1. The van der Waals surface area contributed by atoms with Gasteiger partial charge in [0, 0.05) is 18.8 Å². The van der Waals surface area contributed by atoms with Crippen LogP contribution in [0.3, 0.4) is 0 Å². The van der Waals surface area contributed by atoms with E-state index in [9.17, 15) is 14.4 Å². The van der Waals surface area contributed by atoms with Crippen molar-refractivity contribution >= 4 is 29.7 Å². The number of carbonyl (C=O) groups is 3. The molecule has 1 aliphatic heterocycles. The number of benzene rings is 1. The topological polar surface area (TPSA) is 97.0 Å². The van der Waals surface area contributed by atoms with Crippen molar-refractivity contribution in [3.8, 4) is 5.75 Å². The van der Waals surface area contributed by atoms with Gasteiger partial charge in [0.25, 0.3) is 0 Å². The minimum atomic E-state index is -0.680. The molecule has 0 radical (unpaired) electrons. The lowest BCUT2D eigenvalue weighted by molar-refractivity contribution is -0.130. The molecule has 2 aliphatic rings. The normalized spacial score (nSPS) is 19.2. The van der Waals surface area contributed by atoms with Crippen LogP contribution in [-0.4, -0.2) is 65.7 Å². The summed E-state index contributed by atoms with van der Waals surface area (Å²) in [6, 6.07) is 6.21. The predicted molar refractivity (Wildman–Crippen MR) is 147 cm³/mol. The first-order valence-corrected chi connectivity index (χ1v) is 14.6. The maximum Gasteiger partial charge on any atom is 0.410 e. The van der Waals surface area contributed by atoms with Crippen LogP contribution < -0.4 is 15.4 Å². The third kappa shape index (κ3) is 9.43. The molecule has 8 nitrogen and oxygen atoms in total. The minimum absolute atomic E-state index is 0.220. The van der Waals surface area contributed by atoms with Crippen molar-refractivity contribution in [3.05, 3.63) is 29.8 Å². The molecule has 1 unspecified atom stereocenters. The molecule has 2 atom stereocenters. The molecule has 0 aromatic heterocycles. The molecule has 0 bridgehead atoms. The lowest BCUT2D eigenvalue weighted by atomic mass is 9.91. The van der Waals surface area contributed by atoms with E-state index in [1.54, 1.807) is 18.9 Å². The number of thioether (sulfide) groups is 1. The maximum atomic E-state index is 13.3. The zero-order valence-corrected chi connectivity index (χ0v) is 23.5. The highest BCUT2D eigenvalue weighted by molar-refractivity contribution is 7.99. The van der Waals surface area contributed by atoms with Crippen molar-refractivity contribution < 1.29 is 23.9 Å². The first-order valence-electron chi connectivity index (χ1n) is 13.4. The highest BCUT2D eigenvalue weighted by atomic mass is 32.2. The zero-order valence-electron chi connectivity index (χ0n) is 22.7. The number of rotatable bonds is 10. The van der Waals surface area contributed by atoms with Crippen LogP contribution in [0.25, 0.3) is 0 Å². The van der Waals surface area contributed by atoms with Gasteiger partial charge in [-0.05, 0) is 75.8 Å². The van der Waals surface area contributed by atoms with Crippen molar-refractivity contribution in [2.75, 3.05) is 25.2 Å². The number of ether oxygens (including phenoxy) is 2. The smallest absolute Gasteiger partial charge is 0.410 e. The molecule has 2 fully saturated rings. The number of nitrogens with one attached hydrogen (secondary N) is 2. The molecule has 0 spiro atoms. The molecule has 2 N–H and O–H groups in total. The average Bonchev–Trinajstić information content (AvgIpc) is 3.37. The maximum absolute atomic E-state index is 13.3. The van der Waals surface area contributed by atoms with Crippen LogP contribution in [0.5, 0.6) is 5.75 Å². The van der Waals surface area contributed by atoms with Gasteiger partial charge >= 0.3 is 6.09 Å². The lowest BCUT2D eigenvalue weighted by Gasteiger charge is -2.29. The molecule has 1 saturated carbocycles. The van der Waals surface area contributed by atoms with Gasteiger partial charge < -0.3 is 20.1 Å². The number of hydrogen-bond acceptors (Lipinski definition) is 6. The van der Waals surface area contributed by atoms with E-state index in [0.717, 1.165) is 23.5 Å². The van der Waals surface area contributed by atoms with Crippen LogP contribution >= 0.6 is 11.8 Å². The van der Waals surface area contributed by atoms with E-state index in [2.05, 4.69) is 10.6 Å².